The van der Waals surface area contributed by atoms with Gasteiger partial charge in [-0.15, -0.1) is 0 Å². The zero-order chi connectivity index (χ0) is 17.4. The van der Waals surface area contributed by atoms with E-state index in [0.29, 0.717) is 6.73 Å². The molecule has 134 valence electrons. The molecule has 0 aromatic heterocycles. The molecule has 0 saturated carbocycles. The van der Waals surface area contributed by atoms with Gasteiger partial charge < -0.3 is 20.1 Å². The van der Waals surface area contributed by atoms with Crippen molar-refractivity contribution >= 4 is 12.1 Å². The van der Waals surface area contributed by atoms with Gasteiger partial charge in [0.2, 0.25) is 6.41 Å². The Balaban J connectivity index is 1.99. The number of nitrogens with zero attached hydrogens (tertiary/aromatic N) is 1. The van der Waals surface area contributed by atoms with Crippen molar-refractivity contribution in [2.45, 2.75) is 43.9 Å². The van der Waals surface area contributed by atoms with Gasteiger partial charge in [0.15, 0.2) is 0 Å². The number of nitrogens with two attached hydrogens (primary N) is 1. The molecule has 0 spiro atoms. The van der Waals surface area contributed by atoms with Crippen LogP contribution in [0.4, 0.5) is 5.69 Å². The van der Waals surface area contributed by atoms with Crippen LogP contribution in [0.3, 0.4) is 0 Å². The first-order valence-electron chi connectivity index (χ1n) is 8.55. The third-order valence-electron chi connectivity index (χ3n) is 4.66. The van der Waals surface area contributed by atoms with Crippen LogP contribution < -0.4 is 11.1 Å². The number of anilines is 1. The van der Waals surface area contributed by atoms with Gasteiger partial charge in [0, 0.05) is 19.3 Å². The molecule has 1 aromatic carbocycles. The summed E-state index contributed by atoms with van der Waals surface area (Å²) in [4.78, 5) is 13.1. The molecule has 0 aliphatic carbocycles. The van der Waals surface area contributed by atoms with Crippen molar-refractivity contribution in [3.8, 4) is 0 Å². The first kappa shape index (κ1) is 18.7. The van der Waals surface area contributed by atoms with Gasteiger partial charge in [-0.05, 0) is 50.4 Å². The lowest BCUT2D eigenvalue weighted by atomic mass is 9.98. The molecule has 3 N–H and O–H groups in total. The molecule has 1 aliphatic rings. The Kier molecular flexibility index (Phi) is 7.49. The fourth-order valence-corrected chi connectivity index (χ4v) is 3.37. The van der Waals surface area contributed by atoms with Crippen LogP contribution in [-0.2, 0) is 14.3 Å². The minimum absolute atomic E-state index is 0.0261. The molecule has 24 heavy (non-hydrogen) atoms. The second-order valence-corrected chi connectivity index (χ2v) is 6.22. The van der Waals surface area contributed by atoms with Crippen LogP contribution in [0.1, 0.15) is 37.4 Å². The van der Waals surface area contributed by atoms with Crippen LogP contribution in [-0.4, -0.2) is 50.9 Å². The van der Waals surface area contributed by atoms with Gasteiger partial charge in [-0.3, -0.25) is 10.1 Å². The zero-order valence-electron chi connectivity index (χ0n) is 14.6. The summed E-state index contributed by atoms with van der Waals surface area (Å²) >= 11 is 0. The first-order chi connectivity index (χ1) is 11.7. The van der Waals surface area contributed by atoms with Crippen molar-refractivity contribution in [2.75, 3.05) is 33.2 Å². The number of nitrogen functional groups attached to an aromatic ring is 1. The molecule has 2 rings (SSSR count). The lowest BCUT2D eigenvalue weighted by Gasteiger charge is -2.29. The van der Waals surface area contributed by atoms with Crippen molar-refractivity contribution in [1.82, 2.24) is 10.2 Å². The Morgan fingerprint density at radius 3 is 2.75 bits per heavy atom. The van der Waals surface area contributed by atoms with E-state index in [4.69, 9.17) is 15.2 Å². The van der Waals surface area contributed by atoms with E-state index in [1.165, 1.54) is 0 Å². The summed E-state index contributed by atoms with van der Waals surface area (Å²) in [5.41, 5.74) is 7.62. The number of hydrogen-bond acceptors (Lipinski definition) is 5. The number of nitrogens with one attached hydrogen (secondary N) is 1. The van der Waals surface area contributed by atoms with E-state index in [-0.39, 0.29) is 18.2 Å². The molecule has 3 unspecified atom stereocenters. The number of rotatable bonds is 10. The van der Waals surface area contributed by atoms with Gasteiger partial charge in [-0.25, -0.2) is 0 Å². The standard InChI is InChI=1S/C18H29N3O3/c1-20-12-24-17(14-5-7-15(19)8-6-14)9-10-18(23-2)16-4-3-11-21(16)13-22/h5-8,13,16-18,20H,3-4,9-12,19H2,1-2H3. The van der Waals surface area contributed by atoms with Gasteiger partial charge in [0.1, 0.15) is 0 Å². The Morgan fingerprint density at radius 1 is 1.38 bits per heavy atom. The van der Waals surface area contributed by atoms with Crippen molar-refractivity contribution in [3.63, 3.8) is 0 Å². The topological polar surface area (TPSA) is 76.8 Å². The lowest BCUT2D eigenvalue weighted by Crippen LogP contribution is -2.39. The van der Waals surface area contributed by atoms with Crippen LogP contribution >= 0.6 is 0 Å². The third-order valence-corrected chi connectivity index (χ3v) is 4.66. The molecule has 0 bridgehead atoms. The Hall–Kier alpha value is -1.63. The normalized spacial score (nSPS) is 20.1. The van der Waals surface area contributed by atoms with Crippen molar-refractivity contribution in [2.24, 2.45) is 0 Å². The largest absolute Gasteiger partial charge is 0.399 e. The third kappa shape index (κ3) is 4.93. The van der Waals surface area contributed by atoms with Crippen LogP contribution in [0.2, 0.25) is 0 Å². The monoisotopic (exact) mass is 335 g/mol. The van der Waals surface area contributed by atoms with Crippen LogP contribution in [0, 0.1) is 0 Å². The number of carbonyl (C=O) groups excluding carboxylic acids is 1. The molecular weight excluding hydrogens is 306 g/mol. The predicted molar refractivity (Wildman–Crippen MR) is 94.4 cm³/mol. The summed E-state index contributed by atoms with van der Waals surface area (Å²) in [6.45, 7) is 1.31. The molecule has 1 heterocycles. The maximum Gasteiger partial charge on any atom is 0.210 e. The van der Waals surface area contributed by atoms with E-state index < -0.39 is 0 Å². The lowest BCUT2D eigenvalue weighted by molar-refractivity contribution is -0.121. The minimum atomic E-state index is -0.0261. The maximum absolute atomic E-state index is 11.2. The van der Waals surface area contributed by atoms with Crippen molar-refractivity contribution < 1.29 is 14.3 Å². The van der Waals surface area contributed by atoms with Gasteiger partial charge in [0.25, 0.3) is 0 Å². The number of likely N-dealkylation sites (tertiary alicyclic amines) is 1. The number of benzene rings is 1. The fraction of sp³-hybridized carbons (Fsp3) is 0.611. The van der Waals surface area contributed by atoms with E-state index in [9.17, 15) is 4.79 Å². The highest BCUT2D eigenvalue weighted by Gasteiger charge is 2.31. The van der Waals surface area contributed by atoms with E-state index in [1.54, 1.807) is 7.11 Å². The Morgan fingerprint density at radius 2 is 2.12 bits per heavy atom. The molecule has 0 radical (unpaired) electrons. The van der Waals surface area contributed by atoms with E-state index in [2.05, 4.69) is 5.32 Å². The van der Waals surface area contributed by atoms with Crippen LogP contribution in [0.25, 0.3) is 0 Å². The van der Waals surface area contributed by atoms with E-state index >= 15 is 0 Å². The molecule has 3 atom stereocenters. The summed E-state index contributed by atoms with van der Waals surface area (Å²) < 4.78 is 11.6. The average molecular weight is 335 g/mol. The molecule has 1 amide bonds. The summed E-state index contributed by atoms with van der Waals surface area (Å²) in [6.07, 6.45) is 4.66. The number of carbonyl (C=O) groups is 1. The molecular formula is C18H29N3O3. The summed E-state index contributed by atoms with van der Waals surface area (Å²) in [6, 6.07) is 7.97. The van der Waals surface area contributed by atoms with Gasteiger partial charge in [-0.1, -0.05) is 12.1 Å². The van der Waals surface area contributed by atoms with Crippen LogP contribution in [0.15, 0.2) is 24.3 Å². The van der Waals surface area contributed by atoms with E-state index in [1.807, 2.05) is 36.2 Å². The quantitative estimate of drug-likeness (QED) is 0.388. The molecule has 1 aromatic rings. The second kappa shape index (κ2) is 9.61. The SMILES string of the molecule is CNCOC(CCC(OC)C1CCCN1C=O)c1ccc(N)cc1. The highest BCUT2D eigenvalue weighted by molar-refractivity contribution is 5.48. The Labute approximate surface area is 144 Å². The zero-order valence-corrected chi connectivity index (χ0v) is 14.6. The molecule has 1 aliphatic heterocycles. The highest BCUT2D eigenvalue weighted by Crippen LogP contribution is 2.28. The smallest absolute Gasteiger partial charge is 0.210 e. The van der Waals surface area contributed by atoms with E-state index in [0.717, 1.165) is 49.9 Å². The molecule has 6 heteroatoms. The molecule has 6 nitrogen and oxygen atoms in total. The maximum atomic E-state index is 11.2. The van der Waals surface area contributed by atoms with Gasteiger partial charge >= 0.3 is 0 Å². The van der Waals surface area contributed by atoms with Crippen molar-refractivity contribution in [1.29, 1.82) is 0 Å². The number of amides is 1. The number of ether oxygens (including phenoxy) is 2. The summed E-state index contributed by atoms with van der Waals surface area (Å²) in [7, 11) is 3.58. The van der Waals surface area contributed by atoms with Gasteiger partial charge in [-0.2, -0.15) is 0 Å². The van der Waals surface area contributed by atoms with Crippen LogP contribution in [0.5, 0.6) is 0 Å². The van der Waals surface area contributed by atoms with Gasteiger partial charge in [0.05, 0.1) is 25.0 Å². The Bertz CT molecular complexity index is 495. The number of methoxy groups -OCH3 is 1. The average Bonchev–Trinajstić information content (AvgIpc) is 3.07. The second-order valence-electron chi connectivity index (χ2n) is 6.22. The molecule has 1 saturated heterocycles. The molecule has 1 fully saturated rings. The minimum Gasteiger partial charge on any atom is -0.399 e. The predicted octanol–water partition coefficient (Wildman–Crippen LogP) is 1.92. The first-order valence-corrected chi connectivity index (χ1v) is 8.55. The highest BCUT2D eigenvalue weighted by atomic mass is 16.5. The summed E-state index contributed by atoms with van der Waals surface area (Å²) in [5, 5.41) is 3.02. The number of hydrogen-bond donors (Lipinski definition) is 2. The summed E-state index contributed by atoms with van der Waals surface area (Å²) in [5.74, 6) is 0. The fourth-order valence-electron chi connectivity index (χ4n) is 3.37. The van der Waals surface area contributed by atoms with Crippen molar-refractivity contribution in [3.05, 3.63) is 29.8 Å².